The zero-order valence-electron chi connectivity index (χ0n) is 16.9. The molecule has 0 spiro atoms. The van der Waals surface area contributed by atoms with Crippen molar-refractivity contribution in [3.8, 4) is 5.75 Å². The van der Waals surface area contributed by atoms with Crippen molar-refractivity contribution in [2.24, 2.45) is 5.92 Å². The van der Waals surface area contributed by atoms with Crippen LogP contribution in [0.1, 0.15) is 33.6 Å². The van der Waals surface area contributed by atoms with E-state index < -0.39 is 5.97 Å². The molecule has 1 aliphatic heterocycles. The third kappa shape index (κ3) is 5.45. The van der Waals surface area contributed by atoms with Crippen LogP contribution in [0.4, 0.5) is 0 Å². The third-order valence-corrected chi connectivity index (χ3v) is 5.49. The van der Waals surface area contributed by atoms with Crippen molar-refractivity contribution in [1.29, 1.82) is 0 Å². The van der Waals surface area contributed by atoms with E-state index in [1.165, 1.54) is 5.56 Å². The Morgan fingerprint density at radius 2 is 1.93 bits per heavy atom. The van der Waals surface area contributed by atoms with Crippen LogP contribution in [0.3, 0.4) is 0 Å². The summed E-state index contributed by atoms with van der Waals surface area (Å²) >= 11 is 0. The van der Waals surface area contributed by atoms with Gasteiger partial charge < -0.3 is 9.84 Å². The number of aromatic carboxylic acids is 1. The summed E-state index contributed by atoms with van der Waals surface area (Å²) in [4.78, 5) is 17.9. The lowest BCUT2D eigenvalue weighted by Gasteiger charge is -2.17. The monoisotopic (exact) mass is 402 g/mol. The first-order valence-corrected chi connectivity index (χ1v) is 10.3. The predicted octanol–water partition coefficient (Wildman–Crippen LogP) is 4.42. The Kier molecular flexibility index (Phi) is 6.40. The molecule has 0 saturated carbocycles. The topological polar surface area (TPSA) is 62.7 Å². The number of carboxylic acids is 1. The molecule has 5 heteroatoms. The maximum absolute atomic E-state index is 11.2. The highest BCUT2D eigenvalue weighted by molar-refractivity contribution is 5.87. The normalized spacial score (nSPS) is 16.5. The highest BCUT2D eigenvalue weighted by atomic mass is 16.5. The fourth-order valence-electron chi connectivity index (χ4n) is 4.02. The molecule has 3 aromatic rings. The lowest BCUT2D eigenvalue weighted by molar-refractivity contribution is 0.0696. The first kappa shape index (κ1) is 20.1. The van der Waals surface area contributed by atoms with E-state index in [0.29, 0.717) is 18.1 Å². The van der Waals surface area contributed by atoms with Crippen molar-refractivity contribution in [2.45, 2.75) is 26.0 Å². The van der Waals surface area contributed by atoms with Gasteiger partial charge >= 0.3 is 5.97 Å². The summed E-state index contributed by atoms with van der Waals surface area (Å²) in [5.74, 6) is 0.548. The van der Waals surface area contributed by atoms with E-state index in [-0.39, 0.29) is 0 Å². The minimum Gasteiger partial charge on any atom is -0.487 e. The molecule has 154 valence electrons. The number of carboxylic acid groups (broad SMARTS) is 1. The molecule has 0 bridgehead atoms. The second-order valence-corrected chi connectivity index (χ2v) is 7.86. The Labute approximate surface area is 177 Å². The van der Waals surface area contributed by atoms with Crippen LogP contribution in [0.15, 0.2) is 72.9 Å². The minimum atomic E-state index is -0.866. The van der Waals surface area contributed by atoms with E-state index in [9.17, 15) is 9.90 Å². The standard InChI is InChI=1S/C25H26N2O3/c28-25(29)22-7-3-5-19(14-22)13-21-10-12-27(17-21)16-20-6-4-9-24(15-20)30-18-23-8-1-2-11-26-23/h1-9,11,14-15,21H,10,12-13,16-18H2,(H,28,29). The highest BCUT2D eigenvalue weighted by Gasteiger charge is 2.23. The van der Waals surface area contributed by atoms with Gasteiger partial charge in [-0.25, -0.2) is 4.79 Å². The van der Waals surface area contributed by atoms with Gasteiger partial charge in [-0.3, -0.25) is 9.88 Å². The van der Waals surface area contributed by atoms with E-state index in [0.717, 1.165) is 49.5 Å². The summed E-state index contributed by atoms with van der Waals surface area (Å²) in [6.07, 6.45) is 3.83. The number of pyridine rings is 1. The second-order valence-electron chi connectivity index (χ2n) is 7.86. The molecular formula is C25H26N2O3. The van der Waals surface area contributed by atoms with E-state index in [1.807, 2.05) is 42.5 Å². The molecule has 1 fully saturated rings. The van der Waals surface area contributed by atoms with Crippen molar-refractivity contribution in [3.63, 3.8) is 0 Å². The lowest BCUT2D eigenvalue weighted by atomic mass is 9.97. The van der Waals surface area contributed by atoms with E-state index in [2.05, 4.69) is 22.0 Å². The molecule has 30 heavy (non-hydrogen) atoms. The molecule has 2 aromatic carbocycles. The number of rotatable bonds is 8. The number of nitrogens with zero attached hydrogens (tertiary/aromatic N) is 2. The Morgan fingerprint density at radius 3 is 2.77 bits per heavy atom. The molecule has 0 aliphatic carbocycles. The van der Waals surface area contributed by atoms with Gasteiger partial charge in [-0.1, -0.05) is 30.3 Å². The van der Waals surface area contributed by atoms with Gasteiger partial charge in [0, 0.05) is 19.3 Å². The molecular weight excluding hydrogens is 376 g/mol. The molecule has 4 rings (SSSR count). The number of hydrogen-bond donors (Lipinski definition) is 1. The zero-order valence-corrected chi connectivity index (χ0v) is 16.9. The van der Waals surface area contributed by atoms with Gasteiger partial charge in [0.1, 0.15) is 12.4 Å². The van der Waals surface area contributed by atoms with Crippen molar-refractivity contribution in [1.82, 2.24) is 9.88 Å². The molecule has 1 saturated heterocycles. The minimum absolute atomic E-state index is 0.366. The zero-order chi connectivity index (χ0) is 20.8. The summed E-state index contributed by atoms with van der Waals surface area (Å²) in [6, 6.07) is 21.4. The van der Waals surface area contributed by atoms with Crippen LogP contribution in [-0.2, 0) is 19.6 Å². The number of aromatic nitrogens is 1. The number of carbonyl (C=O) groups is 1. The number of likely N-dealkylation sites (tertiary alicyclic amines) is 1. The third-order valence-electron chi connectivity index (χ3n) is 5.49. The highest BCUT2D eigenvalue weighted by Crippen LogP contribution is 2.24. The van der Waals surface area contributed by atoms with Gasteiger partial charge in [0.2, 0.25) is 0 Å². The van der Waals surface area contributed by atoms with Gasteiger partial charge in [0.15, 0.2) is 0 Å². The Hall–Kier alpha value is -3.18. The molecule has 0 radical (unpaired) electrons. The largest absolute Gasteiger partial charge is 0.487 e. The van der Waals surface area contributed by atoms with Crippen molar-refractivity contribution >= 4 is 5.97 Å². The quantitative estimate of drug-likeness (QED) is 0.604. The Bertz CT molecular complexity index is 990. The molecule has 1 unspecified atom stereocenters. The first-order valence-electron chi connectivity index (χ1n) is 10.3. The fourth-order valence-corrected chi connectivity index (χ4v) is 4.02. The van der Waals surface area contributed by atoms with Crippen molar-refractivity contribution in [2.75, 3.05) is 13.1 Å². The SMILES string of the molecule is O=C(O)c1cccc(CC2CCN(Cc3cccc(OCc4ccccn4)c3)C2)c1. The second kappa shape index (κ2) is 9.55. The van der Waals surface area contributed by atoms with Crippen molar-refractivity contribution < 1.29 is 14.6 Å². The Balaban J connectivity index is 1.30. The maximum atomic E-state index is 11.2. The summed E-state index contributed by atoms with van der Waals surface area (Å²) in [6.45, 7) is 3.44. The van der Waals surface area contributed by atoms with E-state index in [1.54, 1.807) is 18.3 Å². The van der Waals surface area contributed by atoms with E-state index >= 15 is 0 Å². The fraction of sp³-hybridized carbons (Fsp3) is 0.280. The van der Waals surface area contributed by atoms with Crippen LogP contribution in [0.25, 0.3) is 0 Å². The van der Waals surface area contributed by atoms with Gasteiger partial charge in [-0.2, -0.15) is 0 Å². The molecule has 2 heterocycles. The van der Waals surface area contributed by atoms with Crippen LogP contribution in [0.5, 0.6) is 5.75 Å². The van der Waals surface area contributed by atoms with E-state index in [4.69, 9.17) is 4.74 Å². The first-order chi connectivity index (χ1) is 14.7. The molecule has 0 amide bonds. The molecule has 1 aromatic heterocycles. The average Bonchev–Trinajstić information content (AvgIpc) is 3.20. The molecule has 1 aliphatic rings. The average molecular weight is 402 g/mol. The summed E-state index contributed by atoms with van der Waals surface area (Å²) < 4.78 is 5.90. The number of benzene rings is 2. The summed E-state index contributed by atoms with van der Waals surface area (Å²) in [7, 11) is 0. The van der Waals surface area contributed by atoms with Crippen LogP contribution >= 0.6 is 0 Å². The lowest BCUT2D eigenvalue weighted by Crippen LogP contribution is -2.20. The van der Waals surface area contributed by atoms with Gasteiger partial charge in [0.25, 0.3) is 0 Å². The van der Waals surface area contributed by atoms with Crippen molar-refractivity contribution in [3.05, 3.63) is 95.3 Å². The van der Waals surface area contributed by atoms with Crippen LogP contribution in [-0.4, -0.2) is 34.0 Å². The van der Waals surface area contributed by atoms with Crippen LogP contribution in [0, 0.1) is 5.92 Å². The maximum Gasteiger partial charge on any atom is 0.335 e. The number of hydrogen-bond acceptors (Lipinski definition) is 4. The van der Waals surface area contributed by atoms with Gasteiger partial charge in [-0.15, -0.1) is 0 Å². The summed E-state index contributed by atoms with van der Waals surface area (Å²) in [5, 5.41) is 9.18. The van der Waals surface area contributed by atoms with Gasteiger partial charge in [0.05, 0.1) is 11.3 Å². The molecule has 1 atom stereocenters. The predicted molar refractivity (Wildman–Crippen MR) is 116 cm³/mol. The smallest absolute Gasteiger partial charge is 0.335 e. The summed E-state index contributed by atoms with van der Waals surface area (Å²) in [5.41, 5.74) is 3.62. The van der Waals surface area contributed by atoms with Gasteiger partial charge in [-0.05, 0) is 72.8 Å². The molecule has 1 N–H and O–H groups in total. The molecule has 5 nitrogen and oxygen atoms in total. The van der Waals surface area contributed by atoms with Crippen LogP contribution in [0.2, 0.25) is 0 Å². The number of ether oxygens (including phenoxy) is 1. The Morgan fingerprint density at radius 1 is 1.07 bits per heavy atom. The van der Waals surface area contributed by atoms with Crippen LogP contribution < -0.4 is 4.74 Å².